The number of ether oxygens (including phenoxy) is 1. The van der Waals surface area contributed by atoms with Crippen molar-refractivity contribution in [1.29, 1.82) is 0 Å². The molecule has 0 bridgehead atoms. The van der Waals surface area contributed by atoms with Gasteiger partial charge in [-0.05, 0) is 25.8 Å². The Labute approximate surface area is 176 Å². The van der Waals surface area contributed by atoms with Crippen LogP contribution in [0, 0.1) is 6.92 Å². The van der Waals surface area contributed by atoms with Gasteiger partial charge in [0.2, 0.25) is 0 Å². The number of carbonyl (C=O) groups is 2. The molecular formula is C24H27N3O3. The van der Waals surface area contributed by atoms with Crippen LogP contribution in [0.25, 0.3) is 11.3 Å². The van der Waals surface area contributed by atoms with E-state index in [2.05, 4.69) is 10.4 Å². The minimum absolute atomic E-state index is 0.200. The molecule has 0 unspecified atom stereocenters. The molecule has 0 saturated carbocycles. The second kappa shape index (κ2) is 10.4. The minimum atomic E-state index is -0.247. The van der Waals surface area contributed by atoms with E-state index >= 15 is 0 Å². The molecular weight excluding hydrogens is 378 g/mol. The van der Waals surface area contributed by atoms with Crippen LogP contribution in [0.4, 0.5) is 0 Å². The minimum Gasteiger partial charge on any atom is -0.466 e. The summed E-state index contributed by atoms with van der Waals surface area (Å²) in [5, 5.41) is 7.58. The maximum Gasteiger partial charge on any atom is 0.305 e. The van der Waals surface area contributed by atoms with E-state index in [1.54, 1.807) is 17.8 Å². The lowest BCUT2D eigenvalue weighted by Gasteiger charge is -2.06. The van der Waals surface area contributed by atoms with Crippen LogP contribution in [0.1, 0.15) is 41.3 Å². The van der Waals surface area contributed by atoms with Crippen LogP contribution in [0.5, 0.6) is 0 Å². The predicted molar refractivity (Wildman–Crippen MR) is 116 cm³/mol. The SMILES string of the molecule is CCOC(=O)CCCNC(=O)c1cn(Cc2ccccc2)nc1-c1ccc(C)cc1. The average Bonchev–Trinajstić information content (AvgIpc) is 3.16. The summed E-state index contributed by atoms with van der Waals surface area (Å²) >= 11 is 0. The highest BCUT2D eigenvalue weighted by molar-refractivity contribution is 5.99. The summed E-state index contributed by atoms with van der Waals surface area (Å²) < 4.78 is 6.70. The fourth-order valence-corrected chi connectivity index (χ4v) is 3.13. The van der Waals surface area contributed by atoms with Crippen molar-refractivity contribution < 1.29 is 14.3 Å². The lowest BCUT2D eigenvalue weighted by molar-refractivity contribution is -0.143. The van der Waals surface area contributed by atoms with Crippen LogP contribution in [-0.2, 0) is 16.1 Å². The number of benzene rings is 2. The Morgan fingerprint density at radius 3 is 2.50 bits per heavy atom. The number of amides is 1. The second-order valence-corrected chi connectivity index (χ2v) is 7.11. The van der Waals surface area contributed by atoms with Gasteiger partial charge < -0.3 is 10.1 Å². The van der Waals surface area contributed by atoms with E-state index in [0.29, 0.717) is 37.4 Å². The van der Waals surface area contributed by atoms with Crippen molar-refractivity contribution in [3.8, 4) is 11.3 Å². The fraction of sp³-hybridized carbons (Fsp3) is 0.292. The topological polar surface area (TPSA) is 73.2 Å². The first kappa shape index (κ1) is 21.3. The average molecular weight is 405 g/mol. The summed E-state index contributed by atoms with van der Waals surface area (Å²) in [6, 6.07) is 18.0. The summed E-state index contributed by atoms with van der Waals surface area (Å²) in [7, 11) is 0. The van der Waals surface area contributed by atoms with Gasteiger partial charge in [0.25, 0.3) is 5.91 Å². The molecule has 6 heteroatoms. The lowest BCUT2D eigenvalue weighted by Crippen LogP contribution is -2.25. The molecule has 2 aromatic carbocycles. The van der Waals surface area contributed by atoms with Gasteiger partial charge in [0.05, 0.1) is 18.7 Å². The van der Waals surface area contributed by atoms with E-state index in [9.17, 15) is 9.59 Å². The van der Waals surface area contributed by atoms with Gasteiger partial charge in [-0.25, -0.2) is 0 Å². The largest absolute Gasteiger partial charge is 0.466 e. The molecule has 1 aromatic heterocycles. The van der Waals surface area contributed by atoms with E-state index in [4.69, 9.17) is 4.74 Å². The standard InChI is InChI=1S/C24H27N3O3/c1-3-30-22(28)10-7-15-25-24(29)21-17-27(16-19-8-5-4-6-9-19)26-23(21)20-13-11-18(2)12-14-20/h4-6,8-9,11-14,17H,3,7,10,15-16H2,1-2H3,(H,25,29). The van der Waals surface area contributed by atoms with Gasteiger partial charge in [0, 0.05) is 24.7 Å². The number of carbonyl (C=O) groups excluding carboxylic acids is 2. The van der Waals surface area contributed by atoms with Crippen LogP contribution in [0.3, 0.4) is 0 Å². The molecule has 0 spiro atoms. The van der Waals surface area contributed by atoms with Crippen LogP contribution >= 0.6 is 0 Å². The highest BCUT2D eigenvalue weighted by Gasteiger charge is 2.18. The number of aryl methyl sites for hydroxylation is 1. The van der Waals surface area contributed by atoms with Crippen molar-refractivity contribution in [3.05, 3.63) is 77.5 Å². The van der Waals surface area contributed by atoms with Gasteiger partial charge in [-0.3, -0.25) is 14.3 Å². The summed E-state index contributed by atoms with van der Waals surface area (Å²) in [6.07, 6.45) is 2.59. The van der Waals surface area contributed by atoms with E-state index in [1.807, 2.05) is 61.5 Å². The van der Waals surface area contributed by atoms with E-state index in [-0.39, 0.29) is 18.3 Å². The summed E-state index contributed by atoms with van der Waals surface area (Å²) in [5.41, 5.74) is 4.31. The number of aromatic nitrogens is 2. The van der Waals surface area contributed by atoms with Gasteiger partial charge in [-0.2, -0.15) is 5.10 Å². The Morgan fingerprint density at radius 2 is 1.80 bits per heavy atom. The smallest absolute Gasteiger partial charge is 0.305 e. The lowest BCUT2D eigenvalue weighted by atomic mass is 10.1. The molecule has 3 aromatic rings. The molecule has 156 valence electrons. The molecule has 0 aliphatic heterocycles. The van der Waals surface area contributed by atoms with Gasteiger partial charge in [0.15, 0.2) is 0 Å². The maximum atomic E-state index is 12.9. The molecule has 0 fully saturated rings. The Morgan fingerprint density at radius 1 is 1.07 bits per heavy atom. The third kappa shape index (κ3) is 5.80. The monoisotopic (exact) mass is 405 g/mol. The van der Waals surface area contributed by atoms with Crippen molar-refractivity contribution in [1.82, 2.24) is 15.1 Å². The fourth-order valence-electron chi connectivity index (χ4n) is 3.13. The first-order valence-corrected chi connectivity index (χ1v) is 10.2. The van der Waals surface area contributed by atoms with Crippen molar-refractivity contribution in [2.75, 3.05) is 13.2 Å². The Bertz CT molecular complexity index is 979. The molecule has 6 nitrogen and oxygen atoms in total. The Hall–Kier alpha value is -3.41. The summed E-state index contributed by atoms with van der Waals surface area (Å²) in [5.74, 6) is -0.448. The molecule has 1 heterocycles. The number of hydrogen-bond acceptors (Lipinski definition) is 4. The van der Waals surface area contributed by atoms with E-state index < -0.39 is 0 Å². The number of rotatable bonds is 9. The molecule has 1 amide bonds. The van der Waals surface area contributed by atoms with Gasteiger partial charge >= 0.3 is 5.97 Å². The molecule has 0 aliphatic rings. The van der Waals surface area contributed by atoms with E-state index in [1.165, 1.54) is 0 Å². The van der Waals surface area contributed by atoms with Crippen LogP contribution < -0.4 is 5.32 Å². The number of nitrogens with zero attached hydrogens (tertiary/aromatic N) is 2. The van der Waals surface area contributed by atoms with Crippen molar-refractivity contribution in [2.24, 2.45) is 0 Å². The zero-order valence-electron chi connectivity index (χ0n) is 17.4. The number of hydrogen-bond donors (Lipinski definition) is 1. The van der Waals surface area contributed by atoms with Crippen LogP contribution in [0.2, 0.25) is 0 Å². The molecule has 0 atom stereocenters. The second-order valence-electron chi connectivity index (χ2n) is 7.11. The van der Waals surface area contributed by atoms with Gasteiger partial charge in [-0.1, -0.05) is 60.2 Å². The zero-order valence-corrected chi connectivity index (χ0v) is 17.4. The van der Waals surface area contributed by atoms with Gasteiger partial charge in [0.1, 0.15) is 5.69 Å². The maximum absolute atomic E-state index is 12.9. The van der Waals surface area contributed by atoms with Crippen molar-refractivity contribution in [2.45, 2.75) is 33.2 Å². The first-order valence-electron chi connectivity index (χ1n) is 10.2. The van der Waals surface area contributed by atoms with Crippen molar-refractivity contribution in [3.63, 3.8) is 0 Å². The summed E-state index contributed by atoms with van der Waals surface area (Å²) in [4.78, 5) is 24.3. The molecule has 3 rings (SSSR count). The normalized spacial score (nSPS) is 10.6. The highest BCUT2D eigenvalue weighted by atomic mass is 16.5. The third-order valence-electron chi connectivity index (χ3n) is 4.67. The van der Waals surface area contributed by atoms with E-state index in [0.717, 1.165) is 16.7 Å². The van der Waals surface area contributed by atoms with Crippen molar-refractivity contribution >= 4 is 11.9 Å². The Balaban J connectivity index is 1.76. The third-order valence-corrected chi connectivity index (χ3v) is 4.67. The molecule has 0 aliphatic carbocycles. The number of nitrogens with one attached hydrogen (secondary N) is 1. The quantitative estimate of drug-likeness (QED) is 0.432. The van der Waals surface area contributed by atoms with Gasteiger partial charge in [-0.15, -0.1) is 0 Å². The molecule has 1 N–H and O–H groups in total. The van der Waals surface area contributed by atoms with Crippen LogP contribution in [0.15, 0.2) is 60.8 Å². The highest BCUT2D eigenvalue weighted by Crippen LogP contribution is 2.23. The van der Waals surface area contributed by atoms with Crippen LogP contribution in [-0.4, -0.2) is 34.8 Å². The molecule has 30 heavy (non-hydrogen) atoms. The number of esters is 1. The molecule has 0 saturated heterocycles. The Kier molecular flexibility index (Phi) is 7.38. The summed E-state index contributed by atoms with van der Waals surface area (Å²) in [6.45, 7) is 5.14. The predicted octanol–water partition coefficient (Wildman–Crippen LogP) is 3.98. The zero-order chi connectivity index (χ0) is 21.3. The first-order chi connectivity index (χ1) is 14.6. The molecule has 0 radical (unpaired) electrons.